The highest BCUT2D eigenvalue weighted by molar-refractivity contribution is 6.17. The molecule has 0 aliphatic carbocycles. The Bertz CT molecular complexity index is 407. The quantitative estimate of drug-likeness (QED) is 0.690. The number of nitrogens with zero attached hydrogens (tertiary/aromatic N) is 3. The molecule has 0 saturated carbocycles. The van der Waals surface area contributed by atoms with E-state index in [1.54, 1.807) is 17.1 Å². The highest BCUT2D eigenvalue weighted by atomic mass is 35.5. The van der Waals surface area contributed by atoms with Crippen molar-refractivity contribution in [2.45, 2.75) is 5.88 Å². The highest BCUT2D eigenvalue weighted by Gasteiger charge is 2.10. The van der Waals surface area contributed by atoms with Crippen LogP contribution in [0.4, 0.5) is 0 Å². The van der Waals surface area contributed by atoms with Gasteiger partial charge in [0.2, 0.25) is 0 Å². The Morgan fingerprint density at radius 3 is 3.00 bits per heavy atom. The first-order valence-electron chi connectivity index (χ1n) is 3.80. The summed E-state index contributed by atoms with van der Waals surface area (Å²) in [5.41, 5.74) is 1.78. The van der Waals surface area contributed by atoms with Gasteiger partial charge in [0.1, 0.15) is 0 Å². The van der Waals surface area contributed by atoms with Crippen LogP contribution in [0.25, 0.3) is 11.3 Å². The molecule has 0 aromatic carbocycles. The smallest absolute Gasteiger partial charge is 0.174 e. The van der Waals surface area contributed by atoms with E-state index in [1.807, 2.05) is 13.2 Å². The van der Waals surface area contributed by atoms with E-state index in [0.717, 1.165) is 11.1 Å². The Morgan fingerprint density at radius 2 is 2.38 bits per heavy atom. The van der Waals surface area contributed by atoms with Crippen molar-refractivity contribution in [3.8, 4) is 11.3 Å². The molecule has 0 amide bonds. The van der Waals surface area contributed by atoms with Gasteiger partial charge in [-0.1, -0.05) is 5.16 Å². The Hall–Kier alpha value is -1.29. The number of hydrogen-bond acceptors (Lipinski definition) is 3. The fourth-order valence-electron chi connectivity index (χ4n) is 1.13. The zero-order chi connectivity index (χ0) is 9.26. The molecule has 0 atom stereocenters. The average molecular weight is 198 g/mol. The van der Waals surface area contributed by atoms with Gasteiger partial charge in [0.15, 0.2) is 5.76 Å². The summed E-state index contributed by atoms with van der Waals surface area (Å²) in [6.45, 7) is 0. The lowest BCUT2D eigenvalue weighted by Crippen LogP contribution is -1.84. The molecule has 2 heterocycles. The van der Waals surface area contributed by atoms with Gasteiger partial charge in [-0.25, -0.2) is 0 Å². The predicted molar refractivity (Wildman–Crippen MR) is 48.3 cm³/mol. The summed E-state index contributed by atoms with van der Waals surface area (Å²) in [5.74, 6) is 1.09. The first-order chi connectivity index (χ1) is 6.31. The first-order valence-corrected chi connectivity index (χ1v) is 4.33. The van der Waals surface area contributed by atoms with E-state index in [1.165, 1.54) is 0 Å². The Labute approximate surface area is 80.1 Å². The van der Waals surface area contributed by atoms with E-state index >= 15 is 0 Å². The van der Waals surface area contributed by atoms with Crippen LogP contribution in [0.15, 0.2) is 23.1 Å². The lowest BCUT2D eigenvalue weighted by atomic mass is 10.2. The van der Waals surface area contributed by atoms with Gasteiger partial charge >= 0.3 is 0 Å². The Kier molecular flexibility index (Phi) is 2.06. The molecule has 0 unspecified atom stereocenters. The summed E-state index contributed by atoms with van der Waals surface area (Å²) in [6, 6.07) is 0. The van der Waals surface area contributed by atoms with Crippen molar-refractivity contribution in [2.24, 2.45) is 7.05 Å². The number of rotatable bonds is 2. The molecule has 0 spiro atoms. The molecule has 0 aliphatic rings. The molecule has 0 bridgehead atoms. The third kappa shape index (κ3) is 1.45. The first kappa shape index (κ1) is 8.31. The van der Waals surface area contributed by atoms with Crippen molar-refractivity contribution < 1.29 is 4.52 Å². The van der Waals surface area contributed by atoms with Crippen molar-refractivity contribution in [1.29, 1.82) is 0 Å². The van der Waals surface area contributed by atoms with Crippen LogP contribution in [-0.4, -0.2) is 14.9 Å². The van der Waals surface area contributed by atoms with Crippen molar-refractivity contribution in [2.75, 3.05) is 0 Å². The zero-order valence-electron chi connectivity index (χ0n) is 7.07. The summed E-state index contributed by atoms with van der Waals surface area (Å²) >= 11 is 5.70. The van der Waals surface area contributed by atoms with E-state index in [-0.39, 0.29) is 0 Å². The van der Waals surface area contributed by atoms with E-state index in [4.69, 9.17) is 16.1 Å². The maximum absolute atomic E-state index is 5.70. The summed E-state index contributed by atoms with van der Waals surface area (Å²) in [7, 11) is 1.85. The van der Waals surface area contributed by atoms with Crippen LogP contribution in [0.2, 0.25) is 0 Å². The summed E-state index contributed by atoms with van der Waals surface area (Å²) in [5, 5.41) is 7.72. The van der Waals surface area contributed by atoms with Crippen molar-refractivity contribution >= 4 is 11.6 Å². The summed E-state index contributed by atoms with van der Waals surface area (Å²) < 4.78 is 6.77. The fraction of sp³-hybridized carbons (Fsp3) is 0.250. The van der Waals surface area contributed by atoms with Crippen molar-refractivity contribution in [3.63, 3.8) is 0 Å². The van der Waals surface area contributed by atoms with Crippen LogP contribution in [0.3, 0.4) is 0 Å². The molecule has 0 saturated heterocycles. The van der Waals surface area contributed by atoms with Crippen LogP contribution in [0.1, 0.15) is 5.56 Å². The standard InChI is InChI=1S/C8H8ClN3O/c1-12-5-7(3-10-12)8-6(2-9)4-11-13-8/h3-5H,2H2,1H3. The second-order valence-electron chi connectivity index (χ2n) is 2.72. The normalized spacial score (nSPS) is 10.6. The molecule has 0 radical (unpaired) electrons. The Morgan fingerprint density at radius 1 is 1.54 bits per heavy atom. The van der Waals surface area contributed by atoms with Gasteiger partial charge < -0.3 is 4.52 Å². The van der Waals surface area contributed by atoms with Crippen LogP contribution >= 0.6 is 11.6 Å². The van der Waals surface area contributed by atoms with E-state index in [2.05, 4.69) is 10.3 Å². The monoisotopic (exact) mass is 197 g/mol. The summed E-state index contributed by atoms with van der Waals surface area (Å²) in [6.07, 6.45) is 5.20. The van der Waals surface area contributed by atoms with Gasteiger partial charge in [0.05, 0.1) is 23.8 Å². The van der Waals surface area contributed by atoms with Gasteiger partial charge in [-0.2, -0.15) is 5.10 Å². The third-order valence-electron chi connectivity index (χ3n) is 1.76. The minimum Gasteiger partial charge on any atom is -0.356 e. The van der Waals surface area contributed by atoms with Gasteiger partial charge in [0, 0.05) is 18.8 Å². The molecule has 2 aromatic rings. The number of halogens is 1. The molecule has 0 N–H and O–H groups in total. The molecule has 68 valence electrons. The molecular weight excluding hydrogens is 190 g/mol. The van der Waals surface area contributed by atoms with E-state index < -0.39 is 0 Å². The molecule has 2 rings (SSSR count). The number of alkyl halides is 1. The largest absolute Gasteiger partial charge is 0.356 e. The van der Waals surface area contributed by atoms with Crippen molar-refractivity contribution in [3.05, 3.63) is 24.2 Å². The predicted octanol–water partition coefficient (Wildman–Crippen LogP) is 1.81. The van der Waals surface area contributed by atoms with Crippen molar-refractivity contribution in [1.82, 2.24) is 14.9 Å². The minimum absolute atomic E-state index is 0.397. The Balaban J connectivity index is 2.45. The molecule has 13 heavy (non-hydrogen) atoms. The second kappa shape index (κ2) is 3.22. The number of hydrogen-bond donors (Lipinski definition) is 0. The van der Waals surface area contributed by atoms with Crippen LogP contribution in [-0.2, 0) is 12.9 Å². The molecule has 4 nitrogen and oxygen atoms in total. The summed E-state index contributed by atoms with van der Waals surface area (Å²) in [4.78, 5) is 0. The lowest BCUT2D eigenvalue weighted by molar-refractivity contribution is 0.432. The SMILES string of the molecule is Cn1cc(-c2oncc2CCl)cn1. The fourth-order valence-corrected chi connectivity index (χ4v) is 1.32. The molecule has 0 aliphatic heterocycles. The number of aryl methyl sites for hydroxylation is 1. The molecular formula is C8H8ClN3O. The molecule has 0 fully saturated rings. The topological polar surface area (TPSA) is 43.9 Å². The molecule has 5 heteroatoms. The third-order valence-corrected chi connectivity index (χ3v) is 2.04. The zero-order valence-corrected chi connectivity index (χ0v) is 7.82. The molecule has 2 aromatic heterocycles. The van der Waals surface area contributed by atoms with Crippen LogP contribution in [0.5, 0.6) is 0 Å². The van der Waals surface area contributed by atoms with Gasteiger partial charge in [-0.05, 0) is 0 Å². The van der Waals surface area contributed by atoms with Gasteiger partial charge in [0.25, 0.3) is 0 Å². The minimum atomic E-state index is 0.397. The highest BCUT2D eigenvalue weighted by Crippen LogP contribution is 2.23. The van der Waals surface area contributed by atoms with Crippen LogP contribution < -0.4 is 0 Å². The number of aromatic nitrogens is 3. The van der Waals surface area contributed by atoms with E-state index in [9.17, 15) is 0 Å². The maximum Gasteiger partial charge on any atom is 0.174 e. The average Bonchev–Trinajstić information content (AvgIpc) is 2.71. The second-order valence-corrected chi connectivity index (χ2v) is 2.98. The van der Waals surface area contributed by atoms with Gasteiger partial charge in [-0.15, -0.1) is 11.6 Å². The lowest BCUT2D eigenvalue weighted by Gasteiger charge is -1.91. The van der Waals surface area contributed by atoms with Crippen LogP contribution in [0, 0.1) is 0 Å². The van der Waals surface area contributed by atoms with Gasteiger partial charge in [-0.3, -0.25) is 4.68 Å². The maximum atomic E-state index is 5.70. The van der Waals surface area contributed by atoms with E-state index in [0.29, 0.717) is 11.6 Å².